The van der Waals surface area contributed by atoms with Crippen molar-refractivity contribution in [1.29, 1.82) is 0 Å². The third-order valence-corrected chi connectivity index (χ3v) is 9.62. The Morgan fingerprint density at radius 3 is 2.44 bits per heavy atom. The van der Waals surface area contributed by atoms with E-state index in [1.807, 2.05) is 116 Å². The minimum Gasteiger partial charge on any atom is -0.490 e. The normalized spacial score (nSPS) is 14.3. The zero-order chi connectivity index (χ0) is 33.6. The van der Waals surface area contributed by atoms with Gasteiger partial charge in [0.1, 0.15) is 6.61 Å². The number of esters is 1. The van der Waals surface area contributed by atoms with Gasteiger partial charge in [0.15, 0.2) is 16.3 Å². The number of hydrogen-bond acceptors (Lipinski definition) is 8. The quantitative estimate of drug-likeness (QED) is 0.107. The molecule has 1 aromatic heterocycles. The first-order chi connectivity index (χ1) is 23.4. The predicted octanol–water partition coefficient (Wildman–Crippen LogP) is 7.29. The van der Waals surface area contributed by atoms with Crippen LogP contribution in [0.3, 0.4) is 0 Å². The molecule has 7 nitrogen and oxygen atoms in total. The fourth-order valence-corrected chi connectivity index (χ4v) is 7.11. The lowest BCUT2D eigenvalue weighted by Crippen LogP contribution is -2.40. The van der Waals surface area contributed by atoms with Crippen molar-refractivity contribution in [3.05, 3.63) is 150 Å². The number of fused-ring (bicyclic) bond motifs is 1. The number of thiazole rings is 1. The summed E-state index contributed by atoms with van der Waals surface area (Å²) < 4.78 is 19.7. The first-order valence-corrected chi connectivity index (χ1v) is 17.9. The molecule has 0 amide bonds. The number of halogens is 1. The summed E-state index contributed by atoms with van der Waals surface area (Å²) in [4.78, 5) is 34.5. The lowest BCUT2D eigenvalue weighted by Gasteiger charge is -2.26. The number of ether oxygens (including phenoxy) is 3. The van der Waals surface area contributed by atoms with Crippen LogP contribution >= 0.6 is 34.7 Å². The standard InChI is InChI=1S/C38H33ClN2O5S2/c1-4-44-31-21-24(14-19-30(31)46-23-25-10-9-13-28(39)20-25)22-32-36(42)41-35(27-15-17-29(47-3)18-16-27)33(37(43)45-5-2)34(40-38(41)48-32)26-11-7-6-8-12-26/h6-22,35H,4-5,23H2,1-3H3/b32-22-/t35-/m1/s1. The lowest BCUT2D eigenvalue weighted by molar-refractivity contribution is -0.138. The van der Waals surface area contributed by atoms with Gasteiger partial charge < -0.3 is 14.2 Å². The number of benzene rings is 4. The van der Waals surface area contributed by atoms with E-state index in [2.05, 4.69) is 0 Å². The van der Waals surface area contributed by atoms with E-state index >= 15 is 0 Å². The predicted molar refractivity (Wildman–Crippen MR) is 193 cm³/mol. The topological polar surface area (TPSA) is 79.1 Å². The molecule has 0 bridgehead atoms. The summed E-state index contributed by atoms with van der Waals surface area (Å²) in [5, 5.41) is 0.641. The van der Waals surface area contributed by atoms with E-state index in [1.54, 1.807) is 23.3 Å². The molecule has 1 atom stereocenters. The zero-order valence-electron chi connectivity index (χ0n) is 26.6. The Morgan fingerprint density at radius 1 is 0.938 bits per heavy atom. The van der Waals surface area contributed by atoms with Crippen LogP contribution in [-0.4, -0.2) is 30.0 Å². The molecule has 10 heteroatoms. The molecule has 0 unspecified atom stereocenters. The average molecular weight is 697 g/mol. The molecule has 0 radical (unpaired) electrons. The van der Waals surface area contributed by atoms with Crippen LogP contribution in [0.2, 0.25) is 5.02 Å². The van der Waals surface area contributed by atoms with Gasteiger partial charge in [-0.3, -0.25) is 9.36 Å². The minimum absolute atomic E-state index is 0.188. The van der Waals surface area contributed by atoms with Gasteiger partial charge in [0.25, 0.3) is 5.56 Å². The molecule has 2 heterocycles. The van der Waals surface area contributed by atoms with Crippen LogP contribution in [0, 0.1) is 0 Å². The van der Waals surface area contributed by atoms with Gasteiger partial charge in [0.05, 0.1) is 35.1 Å². The number of carbonyl (C=O) groups is 1. The summed E-state index contributed by atoms with van der Waals surface area (Å²) in [7, 11) is 0. The molecule has 0 fully saturated rings. The molecular formula is C38H33ClN2O5S2. The van der Waals surface area contributed by atoms with E-state index in [1.165, 1.54) is 11.3 Å². The highest BCUT2D eigenvalue weighted by molar-refractivity contribution is 7.98. The third kappa shape index (κ3) is 7.13. The van der Waals surface area contributed by atoms with Gasteiger partial charge >= 0.3 is 5.97 Å². The number of hydrogen-bond donors (Lipinski definition) is 0. The Labute approximate surface area is 291 Å². The Hall–Kier alpha value is -4.57. The van der Waals surface area contributed by atoms with Crippen LogP contribution in [0.1, 0.15) is 42.1 Å². The molecule has 244 valence electrons. The molecule has 0 saturated heterocycles. The molecule has 1 aliphatic heterocycles. The Morgan fingerprint density at radius 2 is 1.73 bits per heavy atom. The molecule has 6 rings (SSSR count). The average Bonchev–Trinajstić information content (AvgIpc) is 3.41. The van der Waals surface area contributed by atoms with E-state index in [4.69, 9.17) is 30.8 Å². The van der Waals surface area contributed by atoms with Gasteiger partial charge in [-0.1, -0.05) is 83.6 Å². The highest BCUT2D eigenvalue weighted by Gasteiger charge is 2.35. The third-order valence-electron chi connectivity index (χ3n) is 7.65. The zero-order valence-corrected chi connectivity index (χ0v) is 29.0. The fraction of sp³-hybridized carbons (Fsp3) is 0.184. The number of thioether (sulfide) groups is 1. The fourth-order valence-electron chi connectivity index (χ4n) is 5.48. The highest BCUT2D eigenvalue weighted by Crippen LogP contribution is 2.36. The van der Waals surface area contributed by atoms with Crippen molar-refractivity contribution in [3.8, 4) is 11.5 Å². The smallest absolute Gasteiger partial charge is 0.338 e. The van der Waals surface area contributed by atoms with Crippen molar-refractivity contribution < 1.29 is 19.0 Å². The Balaban J connectivity index is 1.47. The Kier molecular flexibility index (Phi) is 10.5. The second kappa shape index (κ2) is 15.1. The van der Waals surface area contributed by atoms with Crippen LogP contribution in [0.4, 0.5) is 0 Å². The van der Waals surface area contributed by atoms with E-state index in [9.17, 15) is 9.59 Å². The maximum atomic E-state index is 14.3. The highest BCUT2D eigenvalue weighted by atomic mass is 35.5. The lowest BCUT2D eigenvalue weighted by atomic mass is 9.93. The van der Waals surface area contributed by atoms with Crippen LogP contribution in [-0.2, 0) is 16.1 Å². The maximum Gasteiger partial charge on any atom is 0.338 e. The molecule has 0 spiro atoms. The van der Waals surface area contributed by atoms with Gasteiger partial charge in [0.2, 0.25) is 0 Å². The van der Waals surface area contributed by atoms with E-state index in [0.29, 0.717) is 50.3 Å². The first-order valence-electron chi connectivity index (χ1n) is 15.5. The van der Waals surface area contributed by atoms with Crippen LogP contribution in [0.15, 0.2) is 117 Å². The van der Waals surface area contributed by atoms with Crippen LogP contribution in [0.25, 0.3) is 11.8 Å². The summed E-state index contributed by atoms with van der Waals surface area (Å²) in [6.45, 7) is 4.62. The number of rotatable bonds is 11. The van der Waals surface area contributed by atoms with Crippen molar-refractivity contribution >= 4 is 52.4 Å². The van der Waals surface area contributed by atoms with E-state index in [0.717, 1.165) is 27.1 Å². The van der Waals surface area contributed by atoms with Gasteiger partial charge in [-0.25, -0.2) is 9.79 Å². The first kappa shape index (κ1) is 33.3. The molecule has 1 aliphatic rings. The van der Waals surface area contributed by atoms with Gasteiger partial charge in [0, 0.05) is 15.5 Å². The summed E-state index contributed by atoms with van der Waals surface area (Å²) >= 11 is 9.04. The second-order valence-corrected chi connectivity index (χ2v) is 13.1. The molecule has 4 aromatic carbocycles. The second-order valence-electron chi connectivity index (χ2n) is 10.8. The number of nitrogens with zero attached hydrogens (tertiary/aromatic N) is 2. The van der Waals surface area contributed by atoms with Crippen molar-refractivity contribution in [1.82, 2.24) is 4.57 Å². The van der Waals surface area contributed by atoms with Crippen molar-refractivity contribution in [3.63, 3.8) is 0 Å². The maximum absolute atomic E-state index is 14.3. The van der Waals surface area contributed by atoms with Gasteiger partial charge in [-0.2, -0.15) is 0 Å². The van der Waals surface area contributed by atoms with Crippen LogP contribution in [0.5, 0.6) is 11.5 Å². The monoisotopic (exact) mass is 696 g/mol. The molecule has 5 aromatic rings. The number of carbonyl (C=O) groups excluding carboxylic acids is 1. The van der Waals surface area contributed by atoms with E-state index < -0.39 is 12.0 Å². The van der Waals surface area contributed by atoms with Gasteiger partial charge in [-0.15, -0.1) is 11.8 Å². The van der Waals surface area contributed by atoms with Crippen molar-refractivity contribution in [2.45, 2.75) is 31.4 Å². The van der Waals surface area contributed by atoms with Crippen molar-refractivity contribution in [2.24, 2.45) is 4.99 Å². The summed E-state index contributed by atoms with van der Waals surface area (Å²) in [5.41, 5.74) is 3.79. The Bertz CT molecular complexity index is 2160. The van der Waals surface area contributed by atoms with E-state index in [-0.39, 0.29) is 12.2 Å². The summed E-state index contributed by atoms with van der Waals surface area (Å²) in [6, 6.07) is 29.8. The minimum atomic E-state index is -0.741. The van der Waals surface area contributed by atoms with Crippen LogP contribution < -0.4 is 24.4 Å². The van der Waals surface area contributed by atoms with Crippen molar-refractivity contribution in [2.75, 3.05) is 19.5 Å². The summed E-state index contributed by atoms with van der Waals surface area (Å²) in [5.74, 6) is 0.627. The molecule has 0 aliphatic carbocycles. The van der Waals surface area contributed by atoms with Gasteiger partial charge in [-0.05, 0) is 79.3 Å². The molecular weight excluding hydrogens is 664 g/mol. The molecule has 0 N–H and O–H groups in total. The summed E-state index contributed by atoms with van der Waals surface area (Å²) in [6.07, 6.45) is 3.82. The largest absolute Gasteiger partial charge is 0.490 e. The molecule has 0 saturated carbocycles. The SMILES string of the molecule is CCOC(=O)C1=C(c2ccccc2)N=c2s/c(=C\c3ccc(OCc4cccc(Cl)c4)c(OCC)c3)c(=O)n2[C@@H]1c1ccc(SC)cc1. The number of aromatic nitrogens is 1. The molecule has 48 heavy (non-hydrogen) atoms.